The van der Waals surface area contributed by atoms with Crippen LogP contribution >= 0.6 is 38.2 Å². The van der Waals surface area contributed by atoms with Gasteiger partial charge in [-0.15, -0.1) is 0 Å². The molecule has 2 bridgehead atoms. The van der Waals surface area contributed by atoms with Crippen molar-refractivity contribution < 1.29 is 64.4 Å². The van der Waals surface area contributed by atoms with E-state index in [9.17, 15) is 37.1 Å². The molecule has 1 saturated heterocycles. The standard InChI is InChI=1S/C30H37F3IN7O12P2/c1-6-16(30(31,32)33)22-24-23(19(42)20(50-24)12(2)7-8-15-14(4)36-10-37-25(15)35)51-54(44,45)48-9-17-13(3)21(52-55(46,47-5)53-22)28(49-17)41-11-38-18-26(41)39-29(34)40-27(18)43/h7-8,10-13,16-17,19-22,28,42H,6,9H2,1-5H3,(H,44,45)(H2,35,36,37)(H,39,40,43)/b8-7-/t12?,13?,16?,17-,19?,20+,21?,22?,28-,55?/m1/s1. The monoisotopic (exact) mass is 933 g/mol. The molecule has 25 heteroatoms. The Morgan fingerprint density at radius 2 is 1.96 bits per heavy atom. The highest BCUT2D eigenvalue weighted by atomic mass is 127. The molecular formula is C30H37F3IN7O12P2. The Labute approximate surface area is 324 Å². The number of nitrogens with one attached hydrogen (secondary N) is 1. The van der Waals surface area contributed by atoms with Gasteiger partial charge in [-0.25, -0.2) is 29.1 Å². The molecule has 6 rings (SSSR count). The number of rotatable bonds is 7. The number of aliphatic hydroxyl groups excluding tert-OH is 1. The fourth-order valence-corrected chi connectivity index (χ4v) is 9.11. The fraction of sp³-hybridized carbons (Fsp3) is 0.567. The van der Waals surface area contributed by atoms with Gasteiger partial charge in [0.15, 0.2) is 38.8 Å². The van der Waals surface area contributed by atoms with Crippen LogP contribution in [0, 0.1) is 28.5 Å². The van der Waals surface area contributed by atoms with E-state index in [1.807, 2.05) is 0 Å². The number of hydrogen-bond acceptors (Lipinski definition) is 16. The summed E-state index contributed by atoms with van der Waals surface area (Å²) in [6.07, 6.45) is -10.1. The van der Waals surface area contributed by atoms with E-state index in [1.54, 1.807) is 29.5 Å². The number of aromatic nitrogens is 6. The van der Waals surface area contributed by atoms with Crippen molar-refractivity contribution in [3.63, 3.8) is 0 Å². The third-order valence-electron chi connectivity index (χ3n) is 9.48. The first-order valence-electron chi connectivity index (χ1n) is 16.7. The smallest absolute Gasteiger partial charge is 0.484 e. The van der Waals surface area contributed by atoms with E-state index < -0.39 is 106 Å². The summed E-state index contributed by atoms with van der Waals surface area (Å²) >= 11 is 1.77. The zero-order chi connectivity index (χ0) is 40.2. The highest BCUT2D eigenvalue weighted by Gasteiger charge is 2.57. The van der Waals surface area contributed by atoms with E-state index in [-0.39, 0.29) is 20.8 Å². The Bertz CT molecular complexity index is 2130. The van der Waals surface area contributed by atoms with E-state index >= 15 is 0 Å². The summed E-state index contributed by atoms with van der Waals surface area (Å²) in [5.41, 5.74) is 6.20. The van der Waals surface area contributed by atoms with Crippen molar-refractivity contribution in [2.75, 3.05) is 19.5 Å². The highest BCUT2D eigenvalue weighted by molar-refractivity contribution is 14.1. The lowest BCUT2D eigenvalue weighted by atomic mass is 9.95. The second-order valence-corrected chi connectivity index (χ2v) is 17.1. The lowest BCUT2D eigenvalue weighted by Crippen LogP contribution is -2.38. The molecule has 5 N–H and O–H groups in total. The zero-order valence-corrected chi connectivity index (χ0v) is 33.6. The van der Waals surface area contributed by atoms with Gasteiger partial charge in [-0.3, -0.25) is 37.3 Å². The van der Waals surface area contributed by atoms with Crippen LogP contribution in [0.1, 0.15) is 44.7 Å². The fourth-order valence-electron chi connectivity index (χ4n) is 6.47. The number of aryl methyl sites for hydroxylation is 1. The number of nitrogens with zero attached hydrogens (tertiary/aromatic N) is 5. The summed E-state index contributed by atoms with van der Waals surface area (Å²) in [5.74, 6) is -6.01. The average molecular weight is 934 g/mol. The van der Waals surface area contributed by atoms with Crippen LogP contribution in [0.25, 0.3) is 17.2 Å². The van der Waals surface area contributed by atoms with Crippen LogP contribution in [-0.4, -0.2) is 89.9 Å². The minimum Gasteiger partial charge on any atom is -0.484 e. The molecule has 11 atom stereocenters. The molecule has 3 aliphatic rings. The molecule has 8 unspecified atom stereocenters. The Hall–Kier alpha value is -2.99. The van der Waals surface area contributed by atoms with Crippen molar-refractivity contribution in [3.8, 4) is 0 Å². The summed E-state index contributed by atoms with van der Waals surface area (Å²) in [7, 11) is -9.57. The summed E-state index contributed by atoms with van der Waals surface area (Å²) < 4.78 is 114. The topological polar surface area (TPSA) is 255 Å². The predicted molar refractivity (Wildman–Crippen MR) is 192 cm³/mol. The normalized spacial score (nSPS) is 33.0. The Kier molecular flexibility index (Phi) is 11.9. The largest absolute Gasteiger partial charge is 0.527 e. The summed E-state index contributed by atoms with van der Waals surface area (Å²) in [6, 6.07) is 0. The number of fused-ring (bicyclic) bond motifs is 3. The first kappa shape index (κ1) is 41.6. The zero-order valence-electron chi connectivity index (χ0n) is 29.6. The van der Waals surface area contributed by atoms with Crippen molar-refractivity contribution in [2.24, 2.45) is 17.8 Å². The first-order chi connectivity index (χ1) is 25.8. The van der Waals surface area contributed by atoms with Gasteiger partial charge < -0.3 is 24.8 Å². The minimum atomic E-state index is -5.31. The number of phosphoric acid groups is 2. The molecule has 55 heavy (non-hydrogen) atoms. The van der Waals surface area contributed by atoms with Gasteiger partial charge in [-0.2, -0.15) is 13.2 Å². The maximum Gasteiger partial charge on any atom is 0.527 e. The number of phosphoric ester groups is 2. The molecular weight excluding hydrogens is 896 g/mol. The Balaban J connectivity index is 1.44. The molecule has 0 aromatic carbocycles. The van der Waals surface area contributed by atoms with E-state index in [0.29, 0.717) is 11.3 Å². The third-order valence-corrected chi connectivity index (χ3v) is 12.3. The summed E-state index contributed by atoms with van der Waals surface area (Å²) in [5, 5.41) is 11.5. The molecule has 19 nitrogen and oxygen atoms in total. The molecule has 6 heterocycles. The molecule has 0 saturated carbocycles. The number of anilines is 1. The van der Waals surface area contributed by atoms with Gasteiger partial charge in [-0.1, -0.05) is 32.9 Å². The SMILES string of the molecule is CCC(C1OP(=O)(OC)OC2C(C)[C@@H](COP(=O)(O)OC3=C1O[C@@H](C(C)/C=C\c1c(C)ncnc1N)C3O)O[C@H]2n1cnc2c(=O)[nH]c(I)nc21)C(F)(F)F. The number of alkyl halides is 3. The van der Waals surface area contributed by atoms with E-state index in [1.165, 1.54) is 50.1 Å². The molecule has 302 valence electrons. The van der Waals surface area contributed by atoms with E-state index in [4.69, 9.17) is 37.8 Å². The van der Waals surface area contributed by atoms with Crippen LogP contribution in [0.2, 0.25) is 0 Å². The Morgan fingerprint density at radius 1 is 1.24 bits per heavy atom. The Morgan fingerprint density at radius 3 is 2.62 bits per heavy atom. The predicted octanol–water partition coefficient (Wildman–Crippen LogP) is 4.52. The maximum atomic E-state index is 14.8. The van der Waals surface area contributed by atoms with Gasteiger partial charge in [0.25, 0.3) is 5.56 Å². The number of aliphatic hydroxyl groups is 1. The van der Waals surface area contributed by atoms with Crippen molar-refractivity contribution in [3.05, 3.63) is 55.7 Å². The van der Waals surface area contributed by atoms with Gasteiger partial charge in [0.1, 0.15) is 30.5 Å². The van der Waals surface area contributed by atoms with Gasteiger partial charge in [0, 0.05) is 24.5 Å². The number of ether oxygens (including phenoxy) is 2. The van der Waals surface area contributed by atoms with Crippen LogP contribution in [0.5, 0.6) is 0 Å². The number of H-pyrrole nitrogens is 1. The molecule has 0 aliphatic carbocycles. The van der Waals surface area contributed by atoms with Crippen molar-refractivity contribution in [1.82, 2.24) is 29.5 Å². The first-order valence-corrected chi connectivity index (χ1v) is 20.7. The van der Waals surface area contributed by atoms with E-state index in [0.717, 1.165) is 7.11 Å². The number of aromatic amines is 1. The van der Waals surface area contributed by atoms with Crippen LogP contribution in [-0.2, 0) is 41.2 Å². The molecule has 0 amide bonds. The quantitative estimate of drug-likeness (QED) is 0.144. The van der Waals surface area contributed by atoms with Crippen molar-refractivity contribution in [2.45, 2.75) is 77.0 Å². The van der Waals surface area contributed by atoms with Gasteiger partial charge in [0.2, 0.25) is 0 Å². The minimum absolute atomic E-state index is 0.00181. The molecule has 0 radical (unpaired) electrons. The lowest BCUT2D eigenvalue weighted by Gasteiger charge is -2.33. The maximum absolute atomic E-state index is 14.8. The molecule has 1 fully saturated rings. The highest BCUT2D eigenvalue weighted by Crippen LogP contribution is 2.60. The second-order valence-electron chi connectivity index (χ2n) is 13.0. The number of halogens is 4. The number of imidazole rings is 1. The third kappa shape index (κ3) is 8.37. The molecule has 3 aromatic rings. The second kappa shape index (κ2) is 15.7. The summed E-state index contributed by atoms with van der Waals surface area (Å²) in [6.45, 7) is 5.20. The summed E-state index contributed by atoms with van der Waals surface area (Å²) in [4.78, 5) is 42.5. The molecule has 3 aliphatic heterocycles. The molecule has 3 aromatic heterocycles. The number of hydrogen-bond donors (Lipinski definition) is 4. The van der Waals surface area contributed by atoms with Crippen LogP contribution in [0.15, 0.2) is 35.0 Å². The van der Waals surface area contributed by atoms with Crippen LogP contribution in [0.4, 0.5) is 19.0 Å². The average Bonchev–Trinajstić information content (AvgIpc) is 3.75. The molecule has 0 spiro atoms. The van der Waals surface area contributed by atoms with Gasteiger partial charge >= 0.3 is 21.8 Å². The lowest BCUT2D eigenvalue weighted by molar-refractivity contribution is -0.199. The van der Waals surface area contributed by atoms with Crippen molar-refractivity contribution >= 4 is 61.3 Å². The van der Waals surface area contributed by atoms with Crippen molar-refractivity contribution in [1.29, 1.82) is 0 Å². The van der Waals surface area contributed by atoms with E-state index in [2.05, 4.69) is 24.9 Å². The number of nitrogen functional groups attached to an aromatic ring is 1. The van der Waals surface area contributed by atoms with Gasteiger partial charge in [0.05, 0.1) is 30.7 Å². The number of nitrogens with two attached hydrogens (primary N) is 1. The van der Waals surface area contributed by atoms with Crippen LogP contribution in [0.3, 0.4) is 0 Å². The van der Waals surface area contributed by atoms with Gasteiger partial charge in [-0.05, 0) is 35.9 Å². The van der Waals surface area contributed by atoms with Crippen LogP contribution < -0.4 is 11.3 Å².